The number of hydrogen-bond donors (Lipinski definition) is 2. The van der Waals surface area contributed by atoms with Gasteiger partial charge in [0.05, 0.1) is 6.04 Å². The van der Waals surface area contributed by atoms with Crippen LogP contribution < -0.4 is 15.4 Å². The van der Waals surface area contributed by atoms with Gasteiger partial charge in [-0.2, -0.15) is 0 Å². The summed E-state index contributed by atoms with van der Waals surface area (Å²) in [6.45, 7) is 8.51. The van der Waals surface area contributed by atoms with Gasteiger partial charge in [-0.15, -0.1) is 0 Å². The van der Waals surface area contributed by atoms with Crippen LogP contribution in [-0.2, 0) is 11.3 Å². The Morgan fingerprint density at radius 3 is 2.78 bits per heavy atom. The average Bonchev–Trinajstić information content (AvgIpc) is 3.14. The third kappa shape index (κ3) is 5.45. The van der Waals surface area contributed by atoms with Crippen molar-refractivity contribution in [1.82, 2.24) is 15.5 Å². The molecule has 0 spiro atoms. The van der Waals surface area contributed by atoms with Crippen molar-refractivity contribution in [3.63, 3.8) is 0 Å². The molecule has 2 fully saturated rings. The number of ether oxygens (including phenoxy) is 1. The first kappa shape index (κ1) is 20.2. The number of benzene rings is 1. The van der Waals surface area contributed by atoms with Crippen LogP contribution >= 0.6 is 0 Å². The normalized spacial score (nSPS) is 24.6. The molecule has 1 aromatic rings. The molecule has 1 heterocycles. The molecule has 0 aromatic heterocycles. The van der Waals surface area contributed by atoms with Gasteiger partial charge in [-0.3, -0.25) is 4.79 Å². The number of rotatable bonds is 9. The maximum absolute atomic E-state index is 12.6. The van der Waals surface area contributed by atoms with Crippen LogP contribution in [0, 0.1) is 5.92 Å². The van der Waals surface area contributed by atoms with Gasteiger partial charge in [-0.25, -0.2) is 0 Å². The van der Waals surface area contributed by atoms with E-state index < -0.39 is 0 Å². The average molecular weight is 374 g/mol. The summed E-state index contributed by atoms with van der Waals surface area (Å²) in [6, 6.07) is 8.53. The Morgan fingerprint density at radius 2 is 2.00 bits per heavy atom. The topological polar surface area (TPSA) is 53.6 Å². The number of para-hydroxylation sites is 1. The molecular formula is C22H35N3O2. The van der Waals surface area contributed by atoms with E-state index in [0.29, 0.717) is 25.1 Å². The number of amides is 1. The van der Waals surface area contributed by atoms with Crippen LogP contribution in [0.25, 0.3) is 0 Å². The minimum absolute atomic E-state index is 0.0335. The minimum Gasteiger partial charge on any atom is -0.492 e. The van der Waals surface area contributed by atoms with Crippen molar-refractivity contribution in [2.24, 2.45) is 5.92 Å². The van der Waals surface area contributed by atoms with Crippen LogP contribution in [0.2, 0.25) is 0 Å². The van der Waals surface area contributed by atoms with Gasteiger partial charge in [0.15, 0.2) is 0 Å². The molecule has 0 radical (unpaired) electrons. The molecule has 1 aliphatic heterocycles. The summed E-state index contributed by atoms with van der Waals surface area (Å²) >= 11 is 0. The zero-order valence-corrected chi connectivity index (χ0v) is 16.9. The molecule has 150 valence electrons. The van der Waals surface area contributed by atoms with E-state index in [4.69, 9.17) is 4.74 Å². The summed E-state index contributed by atoms with van der Waals surface area (Å²) in [5.74, 6) is 1.69. The monoisotopic (exact) mass is 373 g/mol. The quantitative estimate of drug-likeness (QED) is 0.699. The number of nitrogens with one attached hydrogen (secondary N) is 2. The lowest BCUT2D eigenvalue weighted by atomic mass is 9.85. The van der Waals surface area contributed by atoms with Crippen LogP contribution in [0.1, 0.15) is 51.5 Å². The molecule has 2 N–H and O–H groups in total. The highest BCUT2D eigenvalue weighted by atomic mass is 16.5. The van der Waals surface area contributed by atoms with Crippen molar-refractivity contribution in [1.29, 1.82) is 0 Å². The van der Waals surface area contributed by atoms with Crippen LogP contribution in [0.3, 0.4) is 0 Å². The molecule has 5 nitrogen and oxygen atoms in total. The largest absolute Gasteiger partial charge is 0.492 e. The molecule has 1 saturated carbocycles. The second-order valence-electron chi connectivity index (χ2n) is 7.81. The lowest BCUT2D eigenvalue weighted by Gasteiger charge is -2.24. The first-order valence-electron chi connectivity index (χ1n) is 10.7. The fraction of sp³-hybridized carbons (Fsp3) is 0.682. The molecule has 1 aliphatic carbocycles. The minimum atomic E-state index is -0.0335. The smallest absolute Gasteiger partial charge is 0.237 e. The highest BCUT2D eigenvalue weighted by Crippen LogP contribution is 2.33. The van der Waals surface area contributed by atoms with Gasteiger partial charge in [-0.05, 0) is 44.3 Å². The van der Waals surface area contributed by atoms with Crippen molar-refractivity contribution in [3.05, 3.63) is 29.8 Å². The zero-order chi connectivity index (χ0) is 19.1. The molecule has 3 unspecified atom stereocenters. The molecule has 1 saturated heterocycles. The van der Waals surface area contributed by atoms with Gasteiger partial charge in [0, 0.05) is 24.7 Å². The molecule has 3 atom stereocenters. The molecule has 3 rings (SSSR count). The second-order valence-corrected chi connectivity index (χ2v) is 7.81. The van der Waals surface area contributed by atoms with Crippen LogP contribution in [0.15, 0.2) is 24.3 Å². The van der Waals surface area contributed by atoms with Gasteiger partial charge < -0.3 is 20.3 Å². The molecule has 5 heteroatoms. The fourth-order valence-corrected chi connectivity index (χ4v) is 4.44. The Kier molecular flexibility index (Phi) is 7.53. The zero-order valence-electron chi connectivity index (χ0n) is 16.9. The van der Waals surface area contributed by atoms with Crippen molar-refractivity contribution < 1.29 is 9.53 Å². The number of carbonyl (C=O) groups excluding carboxylic acids is 1. The van der Waals surface area contributed by atoms with Gasteiger partial charge in [0.25, 0.3) is 0 Å². The SMILES string of the molecule is CCN(CC)CCOc1ccccc1CNC(=O)C1CC2CCCCC2N1. The second kappa shape index (κ2) is 10.1. The maximum Gasteiger partial charge on any atom is 0.237 e. The van der Waals surface area contributed by atoms with Crippen LogP contribution in [0.5, 0.6) is 5.75 Å². The van der Waals surface area contributed by atoms with E-state index in [1.807, 2.05) is 24.3 Å². The predicted molar refractivity (Wildman–Crippen MR) is 109 cm³/mol. The lowest BCUT2D eigenvalue weighted by molar-refractivity contribution is -0.123. The number of hydrogen-bond acceptors (Lipinski definition) is 4. The Balaban J connectivity index is 1.48. The molecule has 0 bridgehead atoms. The Morgan fingerprint density at radius 1 is 1.22 bits per heavy atom. The van der Waals surface area contributed by atoms with Gasteiger partial charge >= 0.3 is 0 Å². The Bertz CT molecular complexity index is 589. The fourth-order valence-electron chi connectivity index (χ4n) is 4.44. The highest BCUT2D eigenvalue weighted by molar-refractivity contribution is 5.82. The summed E-state index contributed by atoms with van der Waals surface area (Å²) in [5, 5.41) is 6.68. The third-order valence-electron chi connectivity index (χ3n) is 6.16. The van der Waals surface area contributed by atoms with Crippen molar-refractivity contribution in [2.75, 3.05) is 26.2 Å². The van der Waals surface area contributed by atoms with Crippen LogP contribution in [0.4, 0.5) is 0 Å². The Hall–Kier alpha value is -1.59. The van der Waals surface area contributed by atoms with E-state index in [-0.39, 0.29) is 11.9 Å². The molecule has 1 amide bonds. The van der Waals surface area contributed by atoms with Crippen molar-refractivity contribution in [3.8, 4) is 5.75 Å². The lowest BCUT2D eigenvalue weighted by Crippen LogP contribution is -2.42. The van der Waals surface area contributed by atoms with E-state index in [2.05, 4.69) is 29.4 Å². The molecule has 2 aliphatic rings. The third-order valence-corrected chi connectivity index (χ3v) is 6.16. The maximum atomic E-state index is 12.6. The number of likely N-dealkylation sites (N-methyl/N-ethyl adjacent to an activating group) is 1. The summed E-state index contributed by atoms with van der Waals surface area (Å²) in [5.41, 5.74) is 1.04. The first-order chi connectivity index (χ1) is 13.2. The summed E-state index contributed by atoms with van der Waals surface area (Å²) in [4.78, 5) is 15.0. The van der Waals surface area contributed by atoms with E-state index in [1.54, 1.807) is 0 Å². The number of nitrogens with zero attached hydrogens (tertiary/aromatic N) is 1. The summed E-state index contributed by atoms with van der Waals surface area (Å²) < 4.78 is 6.00. The summed E-state index contributed by atoms with van der Waals surface area (Å²) in [7, 11) is 0. The van der Waals surface area contributed by atoms with Crippen molar-refractivity contribution in [2.45, 2.75) is 64.6 Å². The van der Waals surface area contributed by atoms with E-state index in [9.17, 15) is 4.79 Å². The molecule has 1 aromatic carbocycles. The molecule has 27 heavy (non-hydrogen) atoms. The Labute approximate surface area is 163 Å². The molecular weight excluding hydrogens is 338 g/mol. The van der Waals surface area contributed by atoms with Gasteiger partial charge in [0.1, 0.15) is 12.4 Å². The summed E-state index contributed by atoms with van der Waals surface area (Å²) in [6.07, 6.45) is 6.08. The van der Waals surface area contributed by atoms with E-state index >= 15 is 0 Å². The predicted octanol–water partition coefficient (Wildman–Crippen LogP) is 2.94. The van der Waals surface area contributed by atoms with E-state index in [0.717, 1.165) is 37.4 Å². The van der Waals surface area contributed by atoms with Crippen molar-refractivity contribution >= 4 is 5.91 Å². The number of fused-ring (bicyclic) bond motifs is 1. The van der Waals surface area contributed by atoms with Gasteiger partial charge in [-0.1, -0.05) is 44.9 Å². The standard InChI is InChI=1S/C22H35N3O2/c1-3-25(4-2)13-14-27-21-12-8-6-10-18(21)16-23-22(26)20-15-17-9-5-7-11-19(17)24-20/h6,8,10,12,17,19-20,24H,3-5,7,9,11,13-16H2,1-2H3,(H,23,26). The highest BCUT2D eigenvalue weighted by Gasteiger charge is 2.38. The van der Waals surface area contributed by atoms with Gasteiger partial charge in [0.2, 0.25) is 5.91 Å². The first-order valence-corrected chi connectivity index (χ1v) is 10.7. The van der Waals surface area contributed by atoms with E-state index in [1.165, 1.54) is 25.7 Å². The van der Waals surface area contributed by atoms with Crippen LogP contribution in [-0.4, -0.2) is 49.1 Å². The number of carbonyl (C=O) groups is 1.